The van der Waals surface area contributed by atoms with Gasteiger partial charge in [-0.25, -0.2) is 4.39 Å². The molecule has 0 aliphatic rings. The van der Waals surface area contributed by atoms with E-state index in [9.17, 15) is 4.39 Å². The number of para-hydroxylation sites is 1. The highest BCUT2D eigenvalue weighted by molar-refractivity contribution is 5.91. The van der Waals surface area contributed by atoms with Gasteiger partial charge in [-0.2, -0.15) is 0 Å². The molecule has 1 aromatic heterocycles. The Labute approximate surface area is 187 Å². The van der Waals surface area contributed by atoms with Crippen molar-refractivity contribution in [3.05, 3.63) is 90.4 Å². The zero-order valence-corrected chi connectivity index (χ0v) is 18.0. The van der Waals surface area contributed by atoms with Crippen LogP contribution in [0, 0.1) is 5.82 Å². The van der Waals surface area contributed by atoms with Gasteiger partial charge in [-0.1, -0.05) is 18.2 Å². The van der Waals surface area contributed by atoms with Gasteiger partial charge >= 0.3 is 0 Å². The Morgan fingerprint density at radius 2 is 1.78 bits per heavy atom. The van der Waals surface area contributed by atoms with Crippen molar-refractivity contribution in [2.24, 2.45) is 0 Å². The summed E-state index contributed by atoms with van der Waals surface area (Å²) < 4.78 is 24.7. The summed E-state index contributed by atoms with van der Waals surface area (Å²) in [5.74, 6) is 1.98. The van der Waals surface area contributed by atoms with Crippen molar-refractivity contribution in [1.29, 1.82) is 0 Å². The molecule has 0 spiro atoms. The summed E-state index contributed by atoms with van der Waals surface area (Å²) in [6, 6.07) is 22.2. The number of hydrogen-bond donors (Lipinski definition) is 2. The second kappa shape index (κ2) is 10.6. The lowest BCUT2D eigenvalue weighted by Crippen LogP contribution is -2.18. The predicted octanol–water partition coefficient (Wildman–Crippen LogP) is 5.77. The molecule has 5 nitrogen and oxygen atoms in total. The Balaban J connectivity index is 1.29. The lowest BCUT2D eigenvalue weighted by atomic mass is 10.1. The number of hydrogen-bond acceptors (Lipinski definition) is 5. The smallest absolute Gasteiger partial charge is 0.129 e. The van der Waals surface area contributed by atoms with Crippen LogP contribution in [-0.4, -0.2) is 25.2 Å². The van der Waals surface area contributed by atoms with Gasteiger partial charge in [0.05, 0.1) is 12.6 Å². The van der Waals surface area contributed by atoms with E-state index in [4.69, 9.17) is 9.47 Å². The molecule has 0 aliphatic carbocycles. The molecule has 1 heterocycles. The molecule has 0 atom stereocenters. The number of halogens is 1. The zero-order chi connectivity index (χ0) is 22.2. The fourth-order valence-electron chi connectivity index (χ4n) is 3.51. The third kappa shape index (κ3) is 5.53. The van der Waals surface area contributed by atoms with E-state index < -0.39 is 0 Å². The van der Waals surface area contributed by atoms with Crippen LogP contribution >= 0.6 is 0 Å². The summed E-state index contributed by atoms with van der Waals surface area (Å²) >= 11 is 0. The average Bonchev–Trinajstić information content (AvgIpc) is 2.82. The Hall–Kier alpha value is -3.64. The number of rotatable bonds is 10. The number of nitrogens with one attached hydrogen (secondary N) is 2. The Kier molecular flexibility index (Phi) is 7.15. The first-order valence-corrected chi connectivity index (χ1v) is 10.6. The van der Waals surface area contributed by atoms with Gasteiger partial charge in [0.1, 0.15) is 23.1 Å². The van der Waals surface area contributed by atoms with Crippen LogP contribution in [0.25, 0.3) is 10.9 Å². The maximum Gasteiger partial charge on any atom is 0.129 e. The minimum atomic E-state index is -0.258. The van der Waals surface area contributed by atoms with Gasteiger partial charge in [0.25, 0.3) is 0 Å². The molecule has 0 bridgehead atoms. The lowest BCUT2D eigenvalue weighted by Gasteiger charge is -2.12. The topological polar surface area (TPSA) is 55.4 Å². The second-order valence-corrected chi connectivity index (χ2v) is 7.37. The monoisotopic (exact) mass is 431 g/mol. The summed E-state index contributed by atoms with van der Waals surface area (Å²) in [6.45, 7) is 2.16. The number of ether oxygens (including phenoxy) is 2. The molecule has 0 amide bonds. The molecule has 0 fully saturated rings. The molecule has 0 saturated carbocycles. The standard InChI is InChI=1S/C26H26FN3O2/c1-31-26-11-8-20(27)16-19(26)18-28-13-5-14-29-24-12-15-30-25-17-22(9-10-23(24)25)32-21-6-3-2-4-7-21/h2-4,6-12,15-17,28H,5,13-14,18H2,1H3,(H,29,30). The summed E-state index contributed by atoms with van der Waals surface area (Å²) in [7, 11) is 1.59. The first-order valence-electron chi connectivity index (χ1n) is 10.6. The van der Waals surface area contributed by atoms with Crippen LogP contribution in [0.3, 0.4) is 0 Å². The molecule has 6 heteroatoms. The fourth-order valence-corrected chi connectivity index (χ4v) is 3.51. The molecule has 0 aliphatic heterocycles. The van der Waals surface area contributed by atoms with Crippen LogP contribution in [-0.2, 0) is 6.54 Å². The number of nitrogens with zero attached hydrogens (tertiary/aromatic N) is 1. The molecular weight excluding hydrogens is 405 g/mol. The first-order chi connectivity index (χ1) is 15.7. The van der Waals surface area contributed by atoms with Crippen molar-refractivity contribution in [3.63, 3.8) is 0 Å². The summed E-state index contributed by atoms with van der Waals surface area (Å²) in [5.41, 5.74) is 2.72. The molecule has 4 rings (SSSR count). The van der Waals surface area contributed by atoms with Crippen LogP contribution in [0.5, 0.6) is 17.2 Å². The second-order valence-electron chi connectivity index (χ2n) is 7.37. The normalized spacial score (nSPS) is 10.8. The van der Waals surface area contributed by atoms with Crippen molar-refractivity contribution >= 4 is 16.6 Å². The van der Waals surface area contributed by atoms with E-state index in [-0.39, 0.29) is 5.82 Å². The maximum atomic E-state index is 13.5. The molecule has 3 aromatic carbocycles. The largest absolute Gasteiger partial charge is 0.496 e. The molecular formula is C26H26FN3O2. The molecule has 164 valence electrons. The Morgan fingerprint density at radius 3 is 2.62 bits per heavy atom. The van der Waals surface area contributed by atoms with Crippen LogP contribution in [0.1, 0.15) is 12.0 Å². The van der Waals surface area contributed by atoms with E-state index in [1.807, 2.05) is 54.6 Å². The van der Waals surface area contributed by atoms with Crippen LogP contribution in [0.15, 0.2) is 79.0 Å². The van der Waals surface area contributed by atoms with E-state index in [1.54, 1.807) is 19.4 Å². The fraction of sp³-hybridized carbons (Fsp3) is 0.192. The van der Waals surface area contributed by atoms with E-state index in [1.165, 1.54) is 12.1 Å². The molecule has 4 aromatic rings. The van der Waals surface area contributed by atoms with Crippen molar-refractivity contribution in [3.8, 4) is 17.2 Å². The molecule has 32 heavy (non-hydrogen) atoms. The van der Waals surface area contributed by atoms with Crippen LogP contribution in [0.4, 0.5) is 10.1 Å². The van der Waals surface area contributed by atoms with Gasteiger partial charge in [-0.05, 0) is 61.5 Å². The predicted molar refractivity (Wildman–Crippen MR) is 126 cm³/mol. The van der Waals surface area contributed by atoms with E-state index >= 15 is 0 Å². The highest BCUT2D eigenvalue weighted by atomic mass is 19.1. The highest BCUT2D eigenvalue weighted by Gasteiger charge is 2.06. The quantitative estimate of drug-likeness (QED) is 0.312. The highest BCUT2D eigenvalue weighted by Crippen LogP contribution is 2.28. The van der Waals surface area contributed by atoms with Crippen molar-refractivity contribution in [2.75, 3.05) is 25.5 Å². The number of benzene rings is 3. The van der Waals surface area contributed by atoms with E-state index in [2.05, 4.69) is 15.6 Å². The number of methoxy groups -OCH3 is 1. The van der Waals surface area contributed by atoms with Gasteiger partial charge in [0.2, 0.25) is 0 Å². The number of pyridine rings is 1. The van der Waals surface area contributed by atoms with Crippen LogP contribution < -0.4 is 20.1 Å². The van der Waals surface area contributed by atoms with E-state index in [0.717, 1.165) is 53.2 Å². The third-order valence-electron chi connectivity index (χ3n) is 5.10. The van der Waals surface area contributed by atoms with Crippen LogP contribution in [0.2, 0.25) is 0 Å². The minimum absolute atomic E-state index is 0.258. The number of fused-ring (bicyclic) bond motifs is 1. The first kappa shape index (κ1) is 21.6. The summed E-state index contributed by atoms with van der Waals surface area (Å²) in [5, 5.41) is 7.87. The van der Waals surface area contributed by atoms with Gasteiger partial charge in [0, 0.05) is 42.0 Å². The summed E-state index contributed by atoms with van der Waals surface area (Å²) in [6.07, 6.45) is 2.71. The van der Waals surface area contributed by atoms with Gasteiger partial charge in [-0.15, -0.1) is 0 Å². The van der Waals surface area contributed by atoms with Crippen molar-refractivity contribution in [1.82, 2.24) is 10.3 Å². The Bertz CT molecular complexity index is 1170. The summed E-state index contributed by atoms with van der Waals surface area (Å²) in [4.78, 5) is 4.48. The minimum Gasteiger partial charge on any atom is -0.496 e. The van der Waals surface area contributed by atoms with Crippen molar-refractivity contribution in [2.45, 2.75) is 13.0 Å². The third-order valence-corrected chi connectivity index (χ3v) is 5.10. The van der Waals surface area contributed by atoms with E-state index in [0.29, 0.717) is 12.3 Å². The Morgan fingerprint density at radius 1 is 0.906 bits per heavy atom. The molecule has 0 saturated heterocycles. The average molecular weight is 432 g/mol. The van der Waals surface area contributed by atoms with Gasteiger partial charge < -0.3 is 20.1 Å². The zero-order valence-electron chi connectivity index (χ0n) is 18.0. The maximum absolute atomic E-state index is 13.5. The molecule has 0 radical (unpaired) electrons. The lowest BCUT2D eigenvalue weighted by molar-refractivity contribution is 0.406. The molecule has 2 N–H and O–H groups in total. The van der Waals surface area contributed by atoms with Gasteiger partial charge in [0.15, 0.2) is 0 Å². The number of aromatic nitrogens is 1. The van der Waals surface area contributed by atoms with Crippen molar-refractivity contribution < 1.29 is 13.9 Å². The number of anilines is 1. The van der Waals surface area contributed by atoms with Gasteiger partial charge in [-0.3, -0.25) is 4.98 Å². The SMILES string of the molecule is COc1ccc(F)cc1CNCCCNc1ccnc2cc(Oc3ccccc3)ccc12. The molecule has 0 unspecified atom stereocenters.